The van der Waals surface area contributed by atoms with Crippen LogP contribution >= 0.6 is 11.6 Å². The SMILES string of the molecule is O=c1cc2n(c(=O)n1Cc1nc(C[C@H](O)c3ccc(Cl)cc3)no1)CCC2O. The Morgan fingerprint density at radius 1 is 1.29 bits per heavy atom. The van der Waals surface area contributed by atoms with Crippen molar-refractivity contribution in [2.45, 2.75) is 38.1 Å². The summed E-state index contributed by atoms with van der Waals surface area (Å²) in [7, 11) is 0. The van der Waals surface area contributed by atoms with Crippen molar-refractivity contribution in [1.29, 1.82) is 0 Å². The Balaban J connectivity index is 1.52. The number of fused-ring (bicyclic) bond motifs is 1. The first-order chi connectivity index (χ1) is 13.4. The molecule has 0 fully saturated rings. The van der Waals surface area contributed by atoms with Crippen LogP contribution in [0.3, 0.4) is 0 Å². The fourth-order valence-corrected chi connectivity index (χ4v) is 3.35. The van der Waals surface area contributed by atoms with Crippen molar-refractivity contribution in [3.63, 3.8) is 0 Å². The van der Waals surface area contributed by atoms with Crippen LogP contribution in [-0.4, -0.2) is 29.5 Å². The van der Waals surface area contributed by atoms with Crippen molar-refractivity contribution >= 4 is 11.6 Å². The molecule has 146 valence electrons. The molecule has 0 aliphatic carbocycles. The van der Waals surface area contributed by atoms with E-state index in [1.807, 2.05) is 0 Å². The van der Waals surface area contributed by atoms with E-state index in [0.29, 0.717) is 29.2 Å². The second-order valence-corrected chi connectivity index (χ2v) is 7.04. The molecule has 0 saturated carbocycles. The molecule has 2 aromatic heterocycles. The summed E-state index contributed by atoms with van der Waals surface area (Å²) in [6.45, 7) is 0.163. The fraction of sp³-hybridized carbons (Fsp3) is 0.333. The zero-order valence-corrected chi connectivity index (χ0v) is 15.4. The summed E-state index contributed by atoms with van der Waals surface area (Å²) in [4.78, 5) is 28.9. The van der Waals surface area contributed by atoms with Gasteiger partial charge in [-0.3, -0.25) is 13.9 Å². The quantitative estimate of drug-likeness (QED) is 0.644. The highest BCUT2D eigenvalue weighted by Gasteiger charge is 2.24. The lowest BCUT2D eigenvalue weighted by Crippen LogP contribution is -2.40. The number of nitrogens with zero attached hydrogens (tertiary/aromatic N) is 4. The maximum absolute atomic E-state index is 12.5. The third-order valence-corrected chi connectivity index (χ3v) is 4.96. The van der Waals surface area contributed by atoms with E-state index in [2.05, 4.69) is 10.1 Å². The lowest BCUT2D eigenvalue weighted by molar-refractivity contribution is 0.174. The van der Waals surface area contributed by atoms with E-state index in [1.165, 1.54) is 10.6 Å². The molecular formula is C18H17ClN4O5. The molecule has 0 radical (unpaired) electrons. The monoisotopic (exact) mass is 404 g/mol. The highest BCUT2D eigenvalue weighted by Crippen LogP contribution is 2.22. The Kier molecular flexibility index (Phi) is 4.88. The lowest BCUT2D eigenvalue weighted by Gasteiger charge is -2.08. The van der Waals surface area contributed by atoms with Gasteiger partial charge in [-0.25, -0.2) is 4.79 Å². The number of rotatable bonds is 5. The molecule has 0 saturated heterocycles. The molecular weight excluding hydrogens is 388 g/mol. The molecule has 9 nitrogen and oxygen atoms in total. The maximum Gasteiger partial charge on any atom is 0.331 e. The van der Waals surface area contributed by atoms with Gasteiger partial charge < -0.3 is 14.7 Å². The Labute approximate surface area is 163 Å². The molecule has 1 aromatic carbocycles. The smallest absolute Gasteiger partial charge is 0.331 e. The minimum absolute atomic E-state index is 0.0802. The maximum atomic E-state index is 12.5. The standard InChI is InChI=1S/C18H17ClN4O5/c19-11-3-1-10(2-4-11)14(25)8-15-20-16(28-21-15)9-23-17(26)7-12-13(24)5-6-22(12)18(23)27/h1-4,7,13-14,24-25H,5-6,8-9H2/t13?,14-/m0/s1. The largest absolute Gasteiger partial charge is 0.388 e. The van der Waals surface area contributed by atoms with E-state index in [4.69, 9.17) is 16.1 Å². The van der Waals surface area contributed by atoms with E-state index in [0.717, 1.165) is 4.57 Å². The van der Waals surface area contributed by atoms with E-state index < -0.39 is 23.5 Å². The van der Waals surface area contributed by atoms with E-state index in [-0.39, 0.29) is 24.7 Å². The number of aliphatic hydroxyl groups excluding tert-OH is 2. The molecule has 1 aliphatic rings. The molecule has 1 unspecified atom stereocenters. The number of hydrogen-bond donors (Lipinski definition) is 2. The van der Waals surface area contributed by atoms with Gasteiger partial charge in [0.1, 0.15) is 6.54 Å². The number of halogens is 1. The second-order valence-electron chi connectivity index (χ2n) is 6.61. The summed E-state index contributed by atoms with van der Waals surface area (Å²) < 4.78 is 7.47. The Hall–Kier alpha value is -2.75. The second kappa shape index (κ2) is 7.34. The predicted octanol–water partition coefficient (Wildman–Crippen LogP) is 0.808. The normalized spacial score (nSPS) is 16.9. The number of aromatic nitrogens is 4. The van der Waals surface area contributed by atoms with Gasteiger partial charge in [0.2, 0.25) is 5.89 Å². The summed E-state index contributed by atoms with van der Waals surface area (Å²) in [5, 5.41) is 24.5. The fourth-order valence-electron chi connectivity index (χ4n) is 3.23. The first kappa shape index (κ1) is 18.6. The van der Waals surface area contributed by atoms with Crippen molar-refractivity contribution in [1.82, 2.24) is 19.3 Å². The van der Waals surface area contributed by atoms with Gasteiger partial charge in [-0.05, 0) is 24.1 Å². The van der Waals surface area contributed by atoms with Gasteiger partial charge in [0.25, 0.3) is 5.56 Å². The third-order valence-electron chi connectivity index (χ3n) is 4.71. The van der Waals surface area contributed by atoms with Gasteiger partial charge in [0.05, 0.1) is 17.9 Å². The van der Waals surface area contributed by atoms with E-state index in [1.54, 1.807) is 24.3 Å². The molecule has 0 bridgehead atoms. The van der Waals surface area contributed by atoms with Crippen molar-refractivity contribution in [2.75, 3.05) is 0 Å². The first-order valence-electron chi connectivity index (χ1n) is 8.70. The molecule has 2 atom stereocenters. The molecule has 28 heavy (non-hydrogen) atoms. The Bertz CT molecular complexity index is 1120. The highest BCUT2D eigenvalue weighted by atomic mass is 35.5. The van der Waals surface area contributed by atoms with Crippen LogP contribution in [0.1, 0.15) is 41.6 Å². The zero-order chi connectivity index (χ0) is 19.8. The lowest BCUT2D eigenvalue weighted by atomic mass is 10.1. The van der Waals surface area contributed by atoms with Gasteiger partial charge in [-0.15, -0.1) is 0 Å². The molecule has 10 heteroatoms. The van der Waals surface area contributed by atoms with Gasteiger partial charge >= 0.3 is 5.69 Å². The van der Waals surface area contributed by atoms with Gasteiger partial charge in [0.15, 0.2) is 5.82 Å². The summed E-state index contributed by atoms with van der Waals surface area (Å²) in [5.41, 5.74) is -0.0934. The van der Waals surface area contributed by atoms with Crippen LogP contribution in [0.15, 0.2) is 44.4 Å². The molecule has 1 aliphatic heterocycles. The minimum atomic E-state index is -0.849. The number of benzene rings is 1. The third kappa shape index (κ3) is 3.51. The summed E-state index contributed by atoms with van der Waals surface area (Å²) >= 11 is 5.84. The van der Waals surface area contributed by atoms with Crippen LogP contribution in [0, 0.1) is 0 Å². The van der Waals surface area contributed by atoms with Gasteiger partial charge in [0, 0.05) is 24.1 Å². The van der Waals surface area contributed by atoms with Crippen molar-refractivity contribution in [2.24, 2.45) is 0 Å². The average Bonchev–Trinajstić information content (AvgIpc) is 3.26. The van der Waals surface area contributed by atoms with Crippen LogP contribution in [0.2, 0.25) is 5.02 Å². The Morgan fingerprint density at radius 2 is 2.04 bits per heavy atom. The van der Waals surface area contributed by atoms with Crippen molar-refractivity contribution < 1.29 is 14.7 Å². The number of aliphatic hydroxyl groups is 2. The summed E-state index contributed by atoms with van der Waals surface area (Å²) in [6.07, 6.45) is -1.15. The van der Waals surface area contributed by atoms with E-state index >= 15 is 0 Å². The average molecular weight is 405 g/mol. The minimum Gasteiger partial charge on any atom is -0.388 e. The van der Waals surface area contributed by atoms with Crippen LogP contribution in [0.5, 0.6) is 0 Å². The van der Waals surface area contributed by atoms with Gasteiger partial charge in [-0.2, -0.15) is 4.98 Å². The molecule has 0 amide bonds. The van der Waals surface area contributed by atoms with Crippen LogP contribution in [-0.2, 0) is 19.5 Å². The zero-order valence-electron chi connectivity index (χ0n) is 14.7. The molecule has 0 spiro atoms. The first-order valence-corrected chi connectivity index (χ1v) is 9.08. The topological polar surface area (TPSA) is 123 Å². The van der Waals surface area contributed by atoms with Crippen LogP contribution in [0.25, 0.3) is 0 Å². The van der Waals surface area contributed by atoms with Crippen molar-refractivity contribution in [3.8, 4) is 0 Å². The highest BCUT2D eigenvalue weighted by molar-refractivity contribution is 6.30. The van der Waals surface area contributed by atoms with Crippen LogP contribution in [0.4, 0.5) is 0 Å². The molecule has 3 heterocycles. The molecule has 4 rings (SSSR count). The van der Waals surface area contributed by atoms with E-state index in [9.17, 15) is 19.8 Å². The Morgan fingerprint density at radius 3 is 2.79 bits per heavy atom. The predicted molar refractivity (Wildman–Crippen MR) is 98.1 cm³/mol. The van der Waals surface area contributed by atoms with Crippen molar-refractivity contribution in [3.05, 3.63) is 79.2 Å². The number of hydrogen-bond acceptors (Lipinski definition) is 7. The summed E-state index contributed by atoms with van der Waals surface area (Å²) in [5.74, 6) is 0.332. The molecule has 3 aromatic rings. The molecule has 2 N–H and O–H groups in total. The van der Waals surface area contributed by atoms with Gasteiger partial charge in [-0.1, -0.05) is 28.9 Å². The summed E-state index contributed by atoms with van der Waals surface area (Å²) in [6, 6.07) is 8.00. The van der Waals surface area contributed by atoms with Crippen LogP contribution < -0.4 is 11.2 Å².